The molecule has 32 heavy (non-hydrogen) atoms. The number of nitrogens with two attached hydrogens (primary N) is 2. The van der Waals surface area contributed by atoms with Crippen LogP contribution in [-0.2, 0) is 6.18 Å². The van der Waals surface area contributed by atoms with Gasteiger partial charge in [-0.15, -0.1) is 11.3 Å². The molecule has 0 aliphatic rings. The molecule has 6 nitrogen and oxygen atoms in total. The first-order chi connectivity index (χ1) is 15.1. The van der Waals surface area contributed by atoms with Crippen molar-refractivity contribution in [3.8, 4) is 22.4 Å². The van der Waals surface area contributed by atoms with Gasteiger partial charge in [0, 0.05) is 10.9 Å². The molecule has 0 saturated heterocycles. The number of benzene rings is 2. The molecular formula is C22H15F3N4O2S. The largest absolute Gasteiger partial charge is 0.416 e. The molecule has 0 saturated carbocycles. The topological polar surface area (TPSA) is 111 Å². The van der Waals surface area contributed by atoms with Crippen LogP contribution in [-0.4, -0.2) is 16.9 Å². The van der Waals surface area contributed by atoms with Crippen LogP contribution < -0.4 is 16.8 Å². The normalized spacial score (nSPS) is 11.5. The van der Waals surface area contributed by atoms with Gasteiger partial charge in [0.05, 0.1) is 16.9 Å². The average molecular weight is 456 g/mol. The number of thiophene rings is 1. The van der Waals surface area contributed by atoms with E-state index in [9.17, 15) is 22.8 Å². The zero-order valence-corrected chi connectivity index (χ0v) is 17.1. The third kappa shape index (κ3) is 4.00. The number of nitrogens with one attached hydrogen (secondary N) is 1. The Kier molecular flexibility index (Phi) is 5.31. The molecule has 4 aromatic rings. The van der Waals surface area contributed by atoms with Gasteiger partial charge in [0.1, 0.15) is 9.71 Å². The van der Waals surface area contributed by atoms with Crippen molar-refractivity contribution in [3.63, 3.8) is 0 Å². The molecule has 0 atom stereocenters. The molecule has 2 aromatic carbocycles. The third-order valence-electron chi connectivity index (χ3n) is 4.70. The predicted molar refractivity (Wildman–Crippen MR) is 117 cm³/mol. The standard InChI is InChI=1S/C22H15F3N4O2S/c23-22(24,25)13-8-4-7-12(9-13)15-10-14(11-5-2-1-3-6-11)16-17(29-21(27)31)18(19(26)30)32-20(16)28-15/h1-10H,(H2,26,30)(H3,27,29,31). The van der Waals surface area contributed by atoms with Crippen LogP contribution in [0.4, 0.5) is 23.7 Å². The van der Waals surface area contributed by atoms with E-state index in [2.05, 4.69) is 10.3 Å². The number of nitrogens with zero attached hydrogens (tertiary/aromatic N) is 1. The van der Waals surface area contributed by atoms with E-state index in [1.165, 1.54) is 12.1 Å². The van der Waals surface area contributed by atoms with Gasteiger partial charge >= 0.3 is 12.2 Å². The fourth-order valence-electron chi connectivity index (χ4n) is 3.36. The van der Waals surface area contributed by atoms with Crippen molar-refractivity contribution in [1.82, 2.24) is 4.98 Å². The minimum Gasteiger partial charge on any atom is -0.365 e. The maximum Gasteiger partial charge on any atom is 0.416 e. The van der Waals surface area contributed by atoms with Crippen molar-refractivity contribution < 1.29 is 22.8 Å². The highest BCUT2D eigenvalue weighted by Gasteiger charge is 2.31. The highest BCUT2D eigenvalue weighted by Crippen LogP contribution is 2.43. The molecular weight excluding hydrogens is 441 g/mol. The molecule has 0 spiro atoms. The predicted octanol–water partition coefficient (Wildman–Crippen LogP) is 5.24. The van der Waals surface area contributed by atoms with Crippen molar-refractivity contribution in [3.05, 3.63) is 71.1 Å². The number of hydrogen-bond donors (Lipinski definition) is 3. The lowest BCUT2D eigenvalue weighted by atomic mass is 9.98. The second-order valence-corrected chi connectivity index (χ2v) is 7.84. The Labute approximate surface area is 183 Å². The number of anilines is 1. The van der Waals surface area contributed by atoms with Crippen LogP contribution in [0.1, 0.15) is 15.2 Å². The Hall–Kier alpha value is -3.92. The van der Waals surface area contributed by atoms with Crippen LogP contribution in [0.5, 0.6) is 0 Å². The van der Waals surface area contributed by atoms with E-state index in [1.807, 2.05) is 0 Å². The van der Waals surface area contributed by atoms with E-state index in [1.54, 1.807) is 36.4 Å². The molecule has 0 aliphatic heterocycles. The van der Waals surface area contributed by atoms with Crippen LogP contribution in [0.15, 0.2) is 60.7 Å². The third-order valence-corrected chi connectivity index (χ3v) is 5.80. The second-order valence-electron chi connectivity index (χ2n) is 6.84. The highest BCUT2D eigenvalue weighted by atomic mass is 32.1. The lowest BCUT2D eigenvalue weighted by Crippen LogP contribution is -2.21. The number of amides is 3. The first kappa shape index (κ1) is 21.3. The summed E-state index contributed by atoms with van der Waals surface area (Å²) in [6, 6.07) is 14.5. The van der Waals surface area contributed by atoms with E-state index >= 15 is 0 Å². The van der Waals surface area contributed by atoms with Gasteiger partial charge in [-0.1, -0.05) is 42.5 Å². The fraction of sp³-hybridized carbons (Fsp3) is 0.0455. The van der Waals surface area contributed by atoms with Gasteiger partial charge in [-0.2, -0.15) is 13.2 Å². The molecule has 5 N–H and O–H groups in total. The fourth-order valence-corrected chi connectivity index (χ4v) is 4.37. The molecule has 0 aliphatic carbocycles. The summed E-state index contributed by atoms with van der Waals surface area (Å²) < 4.78 is 39.7. The van der Waals surface area contributed by atoms with E-state index in [-0.39, 0.29) is 21.8 Å². The van der Waals surface area contributed by atoms with Crippen molar-refractivity contribution in [2.45, 2.75) is 6.18 Å². The molecule has 3 amide bonds. The number of aromatic nitrogens is 1. The van der Waals surface area contributed by atoms with Gasteiger partial charge in [-0.25, -0.2) is 9.78 Å². The number of hydrogen-bond acceptors (Lipinski definition) is 4. The lowest BCUT2D eigenvalue weighted by molar-refractivity contribution is -0.137. The second kappa shape index (κ2) is 7.97. The number of carbonyl (C=O) groups is 2. The molecule has 162 valence electrons. The van der Waals surface area contributed by atoms with Gasteiger partial charge in [0.2, 0.25) is 0 Å². The summed E-state index contributed by atoms with van der Waals surface area (Å²) in [6.07, 6.45) is -4.51. The highest BCUT2D eigenvalue weighted by molar-refractivity contribution is 7.21. The Morgan fingerprint density at radius 3 is 2.25 bits per heavy atom. The Bertz CT molecular complexity index is 1350. The maximum atomic E-state index is 13.2. The number of urea groups is 1. The van der Waals surface area contributed by atoms with Gasteiger partial charge < -0.3 is 16.8 Å². The van der Waals surface area contributed by atoms with E-state index in [0.717, 1.165) is 23.5 Å². The number of alkyl halides is 3. The lowest BCUT2D eigenvalue weighted by Gasteiger charge is -2.12. The first-order valence-corrected chi connectivity index (χ1v) is 10.0. The molecule has 2 heterocycles. The molecule has 0 bridgehead atoms. The molecule has 4 rings (SSSR count). The first-order valence-electron chi connectivity index (χ1n) is 9.22. The molecule has 0 unspecified atom stereocenters. The van der Waals surface area contributed by atoms with E-state index in [0.29, 0.717) is 21.3 Å². The minimum absolute atomic E-state index is 0.0321. The van der Waals surface area contributed by atoms with E-state index < -0.39 is 23.7 Å². The van der Waals surface area contributed by atoms with Crippen molar-refractivity contribution in [2.75, 3.05) is 5.32 Å². The number of halogens is 3. The zero-order valence-electron chi connectivity index (χ0n) is 16.2. The summed E-state index contributed by atoms with van der Waals surface area (Å²) in [5.74, 6) is -0.795. The molecule has 10 heteroatoms. The number of pyridine rings is 1. The maximum absolute atomic E-state index is 13.2. The average Bonchev–Trinajstić information content (AvgIpc) is 3.11. The number of fused-ring (bicyclic) bond motifs is 1. The van der Waals surface area contributed by atoms with E-state index in [4.69, 9.17) is 11.5 Å². The Balaban J connectivity index is 2.05. The van der Waals surface area contributed by atoms with Gasteiger partial charge in [-0.3, -0.25) is 4.79 Å². The van der Waals surface area contributed by atoms with Crippen LogP contribution in [0.3, 0.4) is 0 Å². The number of primary amides is 2. The van der Waals surface area contributed by atoms with Gasteiger partial charge in [-0.05, 0) is 29.3 Å². The summed E-state index contributed by atoms with van der Waals surface area (Å²) in [4.78, 5) is 28.4. The van der Waals surface area contributed by atoms with Crippen molar-refractivity contribution >= 4 is 39.2 Å². The van der Waals surface area contributed by atoms with Crippen LogP contribution >= 0.6 is 11.3 Å². The van der Waals surface area contributed by atoms with Gasteiger partial charge in [0.15, 0.2) is 0 Å². The Morgan fingerprint density at radius 1 is 0.938 bits per heavy atom. The molecule has 0 radical (unpaired) electrons. The summed E-state index contributed by atoms with van der Waals surface area (Å²) in [5.41, 5.74) is 11.9. The quantitative estimate of drug-likeness (QED) is 0.391. The summed E-state index contributed by atoms with van der Waals surface area (Å²) >= 11 is 0.923. The molecule has 0 fully saturated rings. The minimum atomic E-state index is -4.51. The summed E-state index contributed by atoms with van der Waals surface area (Å²) in [6.45, 7) is 0. The van der Waals surface area contributed by atoms with Crippen LogP contribution in [0.25, 0.3) is 32.6 Å². The number of carbonyl (C=O) groups excluding carboxylic acids is 2. The van der Waals surface area contributed by atoms with Crippen molar-refractivity contribution in [2.24, 2.45) is 11.5 Å². The monoisotopic (exact) mass is 456 g/mol. The van der Waals surface area contributed by atoms with Crippen LogP contribution in [0, 0.1) is 0 Å². The molecule has 2 aromatic heterocycles. The number of rotatable bonds is 4. The zero-order chi connectivity index (χ0) is 23.0. The smallest absolute Gasteiger partial charge is 0.365 e. The summed E-state index contributed by atoms with van der Waals surface area (Å²) in [5, 5.41) is 2.86. The van der Waals surface area contributed by atoms with Crippen molar-refractivity contribution in [1.29, 1.82) is 0 Å². The SMILES string of the molecule is NC(=O)Nc1c(C(N)=O)sc2nc(-c3cccc(C(F)(F)F)c3)cc(-c3ccccc3)c12. The summed E-state index contributed by atoms with van der Waals surface area (Å²) in [7, 11) is 0. The Morgan fingerprint density at radius 2 is 1.62 bits per heavy atom. The van der Waals surface area contributed by atoms with Crippen LogP contribution in [0.2, 0.25) is 0 Å². The van der Waals surface area contributed by atoms with Gasteiger partial charge in [0.25, 0.3) is 5.91 Å².